The molecule has 3 rings (SSSR count). The molecule has 0 radical (unpaired) electrons. The van der Waals surface area contributed by atoms with Gasteiger partial charge in [-0.1, -0.05) is 5.16 Å². The molecule has 2 heterocycles. The van der Waals surface area contributed by atoms with Crippen molar-refractivity contribution in [2.24, 2.45) is 0 Å². The second-order valence-electron chi connectivity index (χ2n) is 3.52. The van der Waals surface area contributed by atoms with Gasteiger partial charge in [0.25, 0.3) is 0 Å². The van der Waals surface area contributed by atoms with Gasteiger partial charge in [-0.3, -0.25) is 9.51 Å². The van der Waals surface area contributed by atoms with Crippen LogP contribution in [-0.4, -0.2) is 15.1 Å². The SMILES string of the molecule is N#Cc1c[nH]c2ccc(-c3noc(=O)[nH]3)cc12. The van der Waals surface area contributed by atoms with Gasteiger partial charge in [0.15, 0.2) is 5.82 Å². The first-order chi connectivity index (χ1) is 8.28. The Bertz CT molecular complexity index is 788. The third-order valence-corrected chi connectivity index (χ3v) is 2.52. The van der Waals surface area contributed by atoms with E-state index in [2.05, 4.69) is 25.7 Å². The number of H-pyrrole nitrogens is 2. The van der Waals surface area contributed by atoms with Crippen LogP contribution in [0.4, 0.5) is 0 Å². The first kappa shape index (κ1) is 9.42. The van der Waals surface area contributed by atoms with Gasteiger partial charge in [-0.25, -0.2) is 4.79 Å². The lowest BCUT2D eigenvalue weighted by Crippen LogP contribution is -1.94. The summed E-state index contributed by atoms with van der Waals surface area (Å²) in [4.78, 5) is 16.3. The number of fused-ring (bicyclic) bond motifs is 1. The average molecular weight is 226 g/mol. The number of aromatic nitrogens is 3. The normalized spacial score (nSPS) is 10.5. The van der Waals surface area contributed by atoms with Gasteiger partial charge in [0.2, 0.25) is 0 Å². The lowest BCUT2D eigenvalue weighted by Gasteiger charge is -1.95. The number of benzene rings is 1. The Morgan fingerprint density at radius 2 is 2.29 bits per heavy atom. The van der Waals surface area contributed by atoms with Gasteiger partial charge >= 0.3 is 5.76 Å². The van der Waals surface area contributed by atoms with Gasteiger partial charge in [-0.15, -0.1) is 0 Å². The largest absolute Gasteiger partial charge is 0.439 e. The first-order valence-corrected chi connectivity index (χ1v) is 4.85. The number of aromatic amines is 2. The number of rotatable bonds is 1. The summed E-state index contributed by atoms with van der Waals surface area (Å²) >= 11 is 0. The zero-order valence-electron chi connectivity index (χ0n) is 8.52. The van der Waals surface area contributed by atoms with Gasteiger partial charge in [0.1, 0.15) is 6.07 Å². The molecule has 0 aliphatic heterocycles. The summed E-state index contributed by atoms with van der Waals surface area (Å²) in [7, 11) is 0. The van der Waals surface area contributed by atoms with Crippen molar-refractivity contribution in [1.29, 1.82) is 5.26 Å². The van der Waals surface area contributed by atoms with E-state index < -0.39 is 5.76 Å². The molecule has 0 fully saturated rings. The Hall–Kier alpha value is -2.81. The van der Waals surface area contributed by atoms with Crippen molar-refractivity contribution in [3.8, 4) is 17.5 Å². The molecule has 0 spiro atoms. The monoisotopic (exact) mass is 226 g/mol. The van der Waals surface area contributed by atoms with Crippen LogP contribution in [0.25, 0.3) is 22.3 Å². The van der Waals surface area contributed by atoms with Crippen LogP contribution in [0.5, 0.6) is 0 Å². The van der Waals surface area contributed by atoms with Crippen molar-refractivity contribution in [3.63, 3.8) is 0 Å². The molecule has 0 atom stereocenters. The zero-order chi connectivity index (χ0) is 11.8. The van der Waals surface area contributed by atoms with E-state index in [1.165, 1.54) is 0 Å². The highest BCUT2D eigenvalue weighted by Crippen LogP contribution is 2.23. The predicted octanol–water partition coefficient (Wildman–Crippen LogP) is 1.38. The summed E-state index contributed by atoms with van der Waals surface area (Å²) in [6.45, 7) is 0. The number of nitrogens with one attached hydrogen (secondary N) is 2. The van der Waals surface area contributed by atoms with Crippen molar-refractivity contribution in [2.75, 3.05) is 0 Å². The molecule has 2 aromatic heterocycles. The van der Waals surface area contributed by atoms with E-state index in [9.17, 15) is 4.79 Å². The summed E-state index contributed by atoms with van der Waals surface area (Å²) in [6, 6.07) is 7.47. The molecule has 6 heteroatoms. The fourth-order valence-electron chi connectivity index (χ4n) is 1.71. The average Bonchev–Trinajstić information content (AvgIpc) is 2.94. The smallest absolute Gasteiger partial charge is 0.360 e. The van der Waals surface area contributed by atoms with Gasteiger partial charge in [0, 0.05) is 22.7 Å². The fraction of sp³-hybridized carbons (Fsp3) is 0. The Balaban J connectivity index is 2.25. The highest BCUT2D eigenvalue weighted by atomic mass is 16.5. The quantitative estimate of drug-likeness (QED) is 0.654. The minimum atomic E-state index is -0.602. The van der Waals surface area contributed by atoms with Crippen LogP contribution in [0.15, 0.2) is 33.7 Å². The molecule has 2 N–H and O–H groups in total. The molecule has 6 nitrogen and oxygen atoms in total. The van der Waals surface area contributed by atoms with Crippen LogP contribution in [0.1, 0.15) is 5.56 Å². The fourth-order valence-corrected chi connectivity index (χ4v) is 1.71. The van der Waals surface area contributed by atoms with Crippen LogP contribution >= 0.6 is 0 Å². The second kappa shape index (κ2) is 3.35. The zero-order valence-corrected chi connectivity index (χ0v) is 8.52. The highest BCUT2D eigenvalue weighted by Gasteiger charge is 2.08. The third-order valence-electron chi connectivity index (χ3n) is 2.52. The van der Waals surface area contributed by atoms with Crippen LogP contribution in [0.2, 0.25) is 0 Å². The molecule has 17 heavy (non-hydrogen) atoms. The Morgan fingerprint density at radius 3 is 3.00 bits per heavy atom. The molecule has 0 saturated carbocycles. The maximum atomic E-state index is 10.9. The Labute approximate surface area is 94.5 Å². The van der Waals surface area contributed by atoms with E-state index in [4.69, 9.17) is 5.26 Å². The van der Waals surface area contributed by atoms with Gasteiger partial charge in [-0.2, -0.15) is 5.26 Å². The van der Waals surface area contributed by atoms with Crippen LogP contribution in [0.3, 0.4) is 0 Å². The number of hydrogen-bond acceptors (Lipinski definition) is 4. The standard InChI is InChI=1S/C11H6N4O2/c12-4-7-5-13-9-2-1-6(3-8(7)9)10-14-11(16)17-15-10/h1-3,5,13H,(H,14,15,16). The number of nitrogens with zero attached hydrogens (tertiary/aromatic N) is 2. The maximum absolute atomic E-state index is 10.9. The molecule has 1 aromatic carbocycles. The summed E-state index contributed by atoms with van der Waals surface area (Å²) in [5, 5.41) is 13.3. The molecular formula is C11H6N4O2. The second-order valence-corrected chi connectivity index (χ2v) is 3.52. The highest BCUT2D eigenvalue weighted by molar-refractivity contribution is 5.89. The molecule has 3 aromatic rings. The Kier molecular flexibility index (Phi) is 1.86. The molecule has 0 unspecified atom stereocenters. The summed E-state index contributed by atoms with van der Waals surface area (Å²) in [6.07, 6.45) is 1.64. The van der Waals surface area contributed by atoms with E-state index >= 15 is 0 Å². The molecule has 0 aliphatic rings. The number of nitriles is 1. The molecule has 82 valence electrons. The summed E-state index contributed by atoms with van der Waals surface area (Å²) < 4.78 is 4.44. The maximum Gasteiger partial charge on any atom is 0.439 e. The van der Waals surface area contributed by atoms with E-state index in [1.54, 1.807) is 18.3 Å². The lowest BCUT2D eigenvalue weighted by molar-refractivity contribution is 0.388. The van der Waals surface area contributed by atoms with Crippen molar-refractivity contribution < 1.29 is 4.52 Å². The van der Waals surface area contributed by atoms with E-state index in [1.807, 2.05) is 6.07 Å². The van der Waals surface area contributed by atoms with Crippen molar-refractivity contribution >= 4 is 10.9 Å². The van der Waals surface area contributed by atoms with Gasteiger partial charge in [0.05, 0.1) is 5.56 Å². The van der Waals surface area contributed by atoms with Crippen molar-refractivity contribution in [2.45, 2.75) is 0 Å². The molecule has 0 aliphatic carbocycles. The minimum absolute atomic E-state index is 0.349. The predicted molar refractivity (Wildman–Crippen MR) is 59.1 cm³/mol. The molecule has 0 saturated heterocycles. The first-order valence-electron chi connectivity index (χ1n) is 4.85. The summed E-state index contributed by atoms with van der Waals surface area (Å²) in [5.74, 6) is -0.253. The topological polar surface area (TPSA) is 98.5 Å². The molecule has 0 amide bonds. The van der Waals surface area contributed by atoms with Gasteiger partial charge < -0.3 is 4.98 Å². The van der Waals surface area contributed by atoms with Crippen LogP contribution < -0.4 is 5.76 Å². The Morgan fingerprint density at radius 1 is 1.41 bits per heavy atom. The minimum Gasteiger partial charge on any atom is -0.360 e. The summed E-state index contributed by atoms with van der Waals surface area (Å²) in [5.41, 5.74) is 2.10. The van der Waals surface area contributed by atoms with Crippen molar-refractivity contribution in [3.05, 3.63) is 40.5 Å². The molecular weight excluding hydrogens is 220 g/mol. The van der Waals surface area contributed by atoms with Gasteiger partial charge in [-0.05, 0) is 18.2 Å². The number of hydrogen-bond donors (Lipinski definition) is 2. The third kappa shape index (κ3) is 1.41. The van der Waals surface area contributed by atoms with Crippen molar-refractivity contribution in [1.82, 2.24) is 15.1 Å². The van der Waals surface area contributed by atoms with E-state index in [0.717, 1.165) is 10.9 Å². The van der Waals surface area contributed by atoms with E-state index in [-0.39, 0.29) is 0 Å². The lowest BCUT2D eigenvalue weighted by atomic mass is 10.1. The van der Waals surface area contributed by atoms with Crippen LogP contribution in [-0.2, 0) is 0 Å². The molecule has 0 bridgehead atoms. The van der Waals surface area contributed by atoms with Crippen LogP contribution in [0, 0.1) is 11.3 Å². The van der Waals surface area contributed by atoms with E-state index in [0.29, 0.717) is 17.0 Å².